The second-order valence-electron chi connectivity index (χ2n) is 3.85. The number of hydrogen-bond donors (Lipinski definition) is 1. The van der Waals surface area contributed by atoms with Crippen LogP contribution in [0.25, 0.3) is 5.69 Å². The zero-order valence-electron chi connectivity index (χ0n) is 10.5. The molecule has 1 aromatic carbocycles. The molecule has 96 valence electrons. The summed E-state index contributed by atoms with van der Waals surface area (Å²) in [6.07, 6.45) is 1.85. The van der Waals surface area contributed by atoms with Crippen LogP contribution in [0.5, 0.6) is 5.75 Å². The normalized spacial score (nSPS) is 10.6. The molecule has 0 aliphatic rings. The molecule has 4 nitrogen and oxygen atoms in total. The summed E-state index contributed by atoms with van der Waals surface area (Å²) in [4.78, 5) is 0. The Kier molecular flexibility index (Phi) is 3.94. The molecule has 0 fully saturated rings. The zero-order chi connectivity index (χ0) is 13.0. The quantitative estimate of drug-likeness (QED) is 0.882. The van der Waals surface area contributed by atoms with Crippen LogP contribution in [0.1, 0.15) is 12.6 Å². The van der Waals surface area contributed by atoms with Crippen LogP contribution in [0.15, 0.2) is 30.5 Å². The molecule has 0 spiro atoms. The number of rotatable bonds is 5. The second-order valence-corrected chi connectivity index (χ2v) is 3.85. The van der Waals surface area contributed by atoms with Crippen LogP contribution in [0, 0.1) is 5.82 Å². The van der Waals surface area contributed by atoms with E-state index in [1.807, 2.05) is 19.2 Å². The minimum Gasteiger partial charge on any atom is -0.494 e. The van der Waals surface area contributed by atoms with Gasteiger partial charge in [0.15, 0.2) is 11.6 Å². The van der Waals surface area contributed by atoms with Crippen molar-refractivity contribution in [3.8, 4) is 11.4 Å². The number of methoxy groups -OCH3 is 1. The molecule has 0 aliphatic carbocycles. The topological polar surface area (TPSA) is 39.1 Å². The lowest BCUT2D eigenvalue weighted by Gasteiger charge is -2.05. The van der Waals surface area contributed by atoms with Gasteiger partial charge in [0, 0.05) is 18.8 Å². The number of nitrogens with zero attached hydrogens (tertiary/aromatic N) is 2. The number of hydrogen-bond acceptors (Lipinski definition) is 3. The largest absolute Gasteiger partial charge is 0.494 e. The van der Waals surface area contributed by atoms with Gasteiger partial charge in [0.25, 0.3) is 0 Å². The maximum absolute atomic E-state index is 13.3. The molecule has 0 atom stereocenters. The standard InChI is InChI=1S/C13H16FN3O/c1-3-15-9-10-6-7-17(16-10)11-4-5-12(14)13(8-11)18-2/h4-8,15H,3,9H2,1-2H3. The molecule has 0 bridgehead atoms. The highest BCUT2D eigenvalue weighted by Gasteiger charge is 2.06. The number of aromatic nitrogens is 2. The fourth-order valence-electron chi connectivity index (χ4n) is 1.64. The number of halogens is 1. The van der Waals surface area contributed by atoms with Gasteiger partial charge in [-0.25, -0.2) is 9.07 Å². The average Bonchev–Trinajstić information content (AvgIpc) is 2.85. The van der Waals surface area contributed by atoms with E-state index in [1.165, 1.54) is 13.2 Å². The second kappa shape index (κ2) is 5.64. The summed E-state index contributed by atoms with van der Waals surface area (Å²) in [5.74, 6) is -0.155. The van der Waals surface area contributed by atoms with Crippen molar-refractivity contribution in [2.75, 3.05) is 13.7 Å². The fourth-order valence-corrected chi connectivity index (χ4v) is 1.64. The van der Waals surface area contributed by atoms with E-state index in [2.05, 4.69) is 10.4 Å². The van der Waals surface area contributed by atoms with E-state index in [4.69, 9.17) is 4.74 Å². The van der Waals surface area contributed by atoms with Crippen molar-refractivity contribution < 1.29 is 9.13 Å². The van der Waals surface area contributed by atoms with Gasteiger partial charge in [-0.05, 0) is 24.7 Å². The van der Waals surface area contributed by atoms with Gasteiger partial charge in [-0.2, -0.15) is 5.10 Å². The van der Waals surface area contributed by atoms with Crippen molar-refractivity contribution in [1.82, 2.24) is 15.1 Å². The van der Waals surface area contributed by atoms with E-state index < -0.39 is 0 Å². The Morgan fingerprint density at radius 2 is 2.22 bits per heavy atom. The van der Waals surface area contributed by atoms with Crippen molar-refractivity contribution in [2.24, 2.45) is 0 Å². The number of nitrogens with one attached hydrogen (secondary N) is 1. The van der Waals surface area contributed by atoms with Gasteiger partial charge in [0.05, 0.1) is 18.5 Å². The summed E-state index contributed by atoms with van der Waals surface area (Å²) in [5, 5.41) is 7.60. The van der Waals surface area contributed by atoms with Crippen LogP contribution < -0.4 is 10.1 Å². The third-order valence-corrected chi connectivity index (χ3v) is 2.60. The summed E-state index contributed by atoms with van der Waals surface area (Å²) >= 11 is 0. The maximum Gasteiger partial charge on any atom is 0.165 e. The fraction of sp³-hybridized carbons (Fsp3) is 0.308. The Balaban J connectivity index is 2.23. The third-order valence-electron chi connectivity index (χ3n) is 2.60. The molecule has 0 saturated carbocycles. The van der Waals surface area contributed by atoms with Gasteiger partial charge in [0.1, 0.15) is 0 Å². The van der Waals surface area contributed by atoms with Crippen molar-refractivity contribution >= 4 is 0 Å². The number of benzene rings is 1. The molecule has 1 aromatic heterocycles. The predicted octanol–water partition coefficient (Wildman–Crippen LogP) is 2.13. The molecule has 0 amide bonds. The number of ether oxygens (including phenoxy) is 1. The summed E-state index contributed by atoms with van der Waals surface area (Å²) in [6.45, 7) is 3.67. The van der Waals surface area contributed by atoms with Gasteiger partial charge < -0.3 is 10.1 Å². The first-order valence-electron chi connectivity index (χ1n) is 5.83. The van der Waals surface area contributed by atoms with Crippen LogP contribution in [0.2, 0.25) is 0 Å². The van der Waals surface area contributed by atoms with E-state index in [-0.39, 0.29) is 11.6 Å². The minimum atomic E-state index is -0.374. The summed E-state index contributed by atoms with van der Waals surface area (Å²) in [6, 6.07) is 6.60. The van der Waals surface area contributed by atoms with Gasteiger partial charge in [0.2, 0.25) is 0 Å². The molecule has 2 rings (SSSR count). The monoisotopic (exact) mass is 249 g/mol. The summed E-state index contributed by atoms with van der Waals surface area (Å²) in [5.41, 5.74) is 1.72. The average molecular weight is 249 g/mol. The van der Waals surface area contributed by atoms with Crippen LogP contribution in [-0.2, 0) is 6.54 Å². The lowest BCUT2D eigenvalue weighted by molar-refractivity contribution is 0.386. The third kappa shape index (κ3) is 2.68. The molecule has 1 heterocycles. The first-order chi connectivity index (χ1) is 8.74. The minimum absolute atomic E-state index is 0.219. The van der Waals surface area contributed by atoms with Crippen LogP contribution in [0.3, 0.4) is 0 Å². The van der Waals surface area contributed by atoms with Gasteiger partial charge in [-0.1, -0.05) is 6.92 Å². The molecule has 0 aliphatic heterocycles. The zero-order valence-corrected chi connectivity index (χ0v) is 10.5. The molecular formula is C13H16FN3O. The first kappa shape index (κ1) is 12.6. The highest BCUT2D eigenvalue weighted by Crippen LogP contribution is 2.20. The van der Waals surface area contributed by atoms with Gasteiger partial charge >= 0.3 is 0 Å². The van der Waals surface area contributed by atoms with E-state index in [9.17, 15) is 4.39 Å². The van der Waals surface area contributed by atoms with Crippen LogP contribution >= 0.6 is 0 Å². The molecule has 0 radical (unpaired) electrons. The molecular weight excluding hydrogens is 233 g/mol. The maximum atomic E-state index is 13.3. The van der Waals surface area contributed by atoms with E-state index in [1.54, 1.807) is 16.8 Å². The Hall–Kier alpha value is -1.88. The molecule has 1 N–H and O–H groups in total. The van der Waals surface area contributed by atoms with Crippen molar-refractivity contribution in [3.63, 3.8) is 0 Å². The van der Waals surface area contributed by atoms with Crippen LogP contribution in [0.4, 0.5) is 4.39 Å². The summed E-state index contributed by atoms with van der Waals surface area (Å²) < 4.78 is 19.9. The van der Waals surface area contributed by atoms with E-state index in [0.29, 0.717) is 0 Å². The molecule has 0 saturated heterocycles. The Morgan fingerprint density at radius 1 is 1.39 bits per heavy atom. The molecule has 2 aromatic rings. The van der Waals surface area contributed by atoms with Crippen molar-refractivity contribution in [3.05, 3.63) is 42.0 Å². The first-order valence-corrected chi connectivity index (χ1v) is 5.83. The van der Waals surface area contributed by atoms with Gasteiger partial charge in [-0.3, -0.25) is 0 Å². The van der Waals surface area contributed by atoms with Crippen molar-refractivity contribution in [2.45, 2.75) is 13.5 Å². The Bertz CT molecular complexity index is 525. The summed E-state index contributed by atoms with van der Waals surface area (Å²) in [7, 11) is 1.45. The van der Waals surface area contributed by atoms with E-state index in [0.717, 1.165) is 24.5 Å². The van der Waals surface area contributed by atoms with Crippen molar-refractivity contribution in [1.29, 1.82) is 0 Å². The Labute approximate surface area is 105 Å². The SMILES string of the molecule is CCNCc1ccn(-c2ccc(F)c(OC)c2)n1. The molecule has 5 heteroatoms. The predicted molar refractivity (Wildman–Crippen MR) is 67.5 cm³/mol. The highest BCUT2D eigenvalue weighted by atomic mass is 19.1. The van der Waals surface area contributed by atoms with Gasteiger partial charge in [-0.15, -0.1) is 0 Å². The molecule has 18 heavy (non-hydrogen) atoms. The smallest absolute Gasteiger partial charge is 0.165 e. The van der Waals surface area contributed by atoms with E-state index >= 15 is 0 Å². The molecule has 0 unspecified atom stereocenters. The van der Waals surface area contributed by atoms with Crippen LogP contribution in [-0.4, -0.2) is 23.4 Å². The Morgan fingerprint density at radius 3 is 2.94 bits per heavy atom. The lowest BCUT2D eigenvalue weighted by Crippen LogP contribution is -2.12. The lowest BCUT2D eigenvalue weighted by atomic mass is 10.3. The highest BCUT2D eigenvalue weighted by molar-refractivity contribution is 5.39.